The van der Waals surface area contributed by atoms with E-state index in [4.69, 9.17) is 0 Å². The predicted molar refractivity (Wildman–Crippen MR) is 112 cm³/mol. The van der Waals surface area contributed by atoms with E-state index in [0.29, 0.717) is 28.2 Å². The molecule has 0 bridgehead atoms. The third kappa shape index (κ3) is 3.24. The predicted octanol–water partition coefficient (Wildman–Crippen LogP) is 3.42. The largest absolute Gasteiger partial charge is 0.309 e. The van der Waals surface area contributed by atoms with Gasteiger partial charge in [0.2, 0.25) is 5.91 Å². The van der Waals surface area contributed by atoms with E-state index in [0.717, 1.165) is 16.0 Å². The van der Waals surface area contributed by atoms with Crippen LogP contribution in [-0.4, -0.2) is 39.9 Å². The highest BCUT2D eigenvalue weighted by Gasteiger charge is 2.37. The Morgan fingerprint density at radius 3 is 2.37 bits per heavy atom. The van der Waals surface area contributed by atoms with Crippen LogP contribution in [0.4, 0.5) is 5.82 Å². The molecule has 1 N–H and O–H groups in total. The zero-order valence-corrected chi connectivity index (χ0v) is 16.8. The monoisotopic (exact) mass is 400 g/mol. The normalized spacial score (nSPS) is 13.9. The van der Waals surface area contributed by atoms with E-state index < -0.39 is 5.92 Å². The fourth-order valence-electron chi connectivity index (χ4n) is 3.66. The molecule has 1 aromatic heterocycles. The summed E-state index contributed by atoms with van der Waals surface area (Å²) >= 11 is 0. The number of nitrogens with one attached hydrogen (secondary N) is 1. The van der Waals surface area contributed by atoms with Gasteiger partial charge in [-0.25, -0.2) is 0 Å². The van der Waals surface area contributed by atoms with Crippen molar-refractivity contribution in [2.75, 3.05) is 12.4 Å². The van der Waals surface area contributed by atoms with Crippen molar-refractivity contribution >= 4 is 23.5 Å². The molecule has 0 aliphatic carbocycles. The van der Waals surface area contributed by atoms with Gasteiger partial charge < -0.3 is 5.32 Å². The molecule has 3 aromatic rings. The number of hydrogen-bond donors (Lipinski definition) is 1. The molecule has 1 aliphatic heterocycles. The Balaban J connectivity index is 1.59. The first-order chi connectivity index (χ1) is 14.4. The van der Waals surface area contributed by atoms with Crippen molar-refractivity contribution in [2.45, 2.75) is 19.8 Å². The van der Waals surface area contributed by atoms with Gasteiger partial charge in [-0.2, -0.15) is 0 Å². The van der Waals surface area contributed by atoms with Gasteiger partial charge in [0, 0.05) is 12.6 Å². The lowest BCUT2D eigenvalue weighted by molar-refractivity contribution is -0.117. The van der Waals surface area contributed by atoms with E-state index in [-0.39, 0.29) is 17.7 Å². The van der Waals surface area contributed by atoms with Crippen molar-refractivity contribution in [1.82, 2.24) is 15.1 Å². The molecule has 4 rings (SSSR count). The minimum Gasteiger partial charge on any atom is -0.309 e. The van der Waals surface area contributed by atoms with Crippen molar-refractivity contribution in [3.63, 3.8) is 0 Å². The highest BCUT2D eigenvalue weighted by Crippen LogP contribution is 2.33. The van der Waals surface area contributed by atoms with Gasteiger partial charge >= 0.3 is 0 Å². The van der Waals surface area contributed by atoms with Crippen molar-refractivity contribution in [2.24, 2.45) is 0 Å². The average molecular weight is 400 g/mol. The summed E-state index contributed by atoms with van der Waals surface area (Å²) < 4.78 is 0. The standard InChI is InChI=1S/C23H20N4O3/c1-13-9-10-16-20(23(30)27(3)22(16)29)19(13)14(2)21(28)24-18-12-11-17(25-26-18)15-7-5-4-6-8-15/h4-12,14H,1-3H3,(H,24,26,28). The van der Waals surface area contributed by atoms with Crippen LogP contribution in [0, 0.1) is 6.92 Å². The Kier molecular flexibility index (Phi) is 4.87. The maximum absolute atomic E-state index is 12.9. The van der Waals surface area contributed by atoms with Crippen LogP contribution in [-0.2, 0) is 4.79 Å². The molecule has 2 heterocycles. The average Bonchev–Trinajstić information content (AvgIpc) is 2.98. The Hall–Kier alpha value is -3.87. The van der Waals surface area contributed by atoms with Crippen LogP contribution in [0.3, 0.4) is 0 Å². The fourth-order valence-corrected chi connectivity index (χ4v) is 3.66. The lowest BCUT2D eigenvalue weighted by atomic mass is 9.88. The number of rotatable bonds is 4. The number of amides is 3. The zero-order valence-electron chi connectivity index (χ0n) is 16.8. The summed E-state index contributed by atoms with van der Waals surface area (Å²) in [6, 6.07) is 16.5. The van der Waals surface area contributed by atoms with Gasteiger partial charge in [0.1, 0.15) is 0 Å². The molecule has 0 spiro atoms. The maximum Gasteiger partial charge on any atom is 0.261 e. The first-order valence-electron chi connectivity index (χ1n) is 9.54. The van der Waals surface area contributed by atoms with Gasteiger partial charge in [0.15, 0.2) is 5.82 Å². The van der Waals surface area contributed by atoms with Crippen molar-refractivity contribution < 1.29 is 14.4 Å². The molecular weight excluding hydrogens is 380 g/mol. The molecular formula is C23H20N4O3. The van der Waals surface area contributed by atoms with Crippen molar-refractivity contribution in [1.29, 1.82) is 0 Å². The number of aromatic nitrogens is 2. The first-order valence-corrected chi connectivity index (χ1v) is 9.54. The van der Waals surface area contributed by atoms with Gasteiger partial charge in [-0.1, -0.05) is 36.4 Å². The SMILES string of the molecule is Cc1ccc2c(c1C(C)C(=O)Nc1ccc(-c3ccccc3)nn1)C(=O)N(C)C2=O. The molecule has 0 saturated carbocycles. The number of carbonyl (C=O) groups excluding carboxylic acids is 3. The molecule has 1 atom stereocenters. The molecule has 150 valence electrons. The highest BCUT2D eigenvalue weighted by atomic mass is 16.2. The van der Waals surface area contributed by atoms with E-state index in [1.807, 2.05) is 37.3 Å². The summed E-state index contributed by atoms with van der Waals surface area (Å²) in [4.78, 5) is 38.9. The second kappa shape index (κ2) is 7.51. The number of nitrogens with zero attached hydrogens (tertiary/aromatic N) is 3. The first kappa shape index (κ1) is 19.4. The summed E-state index contributed by atoms with van der Waals surface area (Å²) in [6.45, 7) is 3.53. The number of fused-ring (bicyclic) bond motifs is 1. The number of carbonyl (C=O) groups is 3. The van der Waals surface area contributed by atoms with E-state index >= 15 is 0 Å². The lowest BCUT2D eigenvalue weighted by Crippen LogP contribution is -2.26. The van der Waals surface area contributed by atoms with E-state index in [1.165, 1.54) is 7.05 Å². The van der Waals surface area contributed by atoms with Gasteiger partial charge in [-0.05, 0) is 43.2 Å². The lowest BCUT2D eigenvalue weighted by Gasteiger charge is -2.17. The van der Waals surface area contributed by atoms with E-state index in [1.54, 1.807) is 31.2 Å². The Bertz CT molecular complexity index is 1160. The molecule has 0 fully saturated rings. The summed E-state index contributed by atoms with van der Waals surface area (Å²) in [7, 11) is 1.44. The fraction of sp³-hybridized carbons (Fsp3) is 0.174. The van der Waals surface area contributed by atoms with Crippen molar-refractivity contribution in [3.05, 3.63) is 76.9 Å². The zero-order chi connectivity index (χ0) is 21.4. The van der Waals surface area contributed by atoms with Crippen LogP contribution in [0.25, 0.3) is 11.3 Å². The van der Waals surface area contributed by atoms with Gasteiger partial charge in [-0.3, -0.25) is 19.3 Å². The number of anilines is 1. The van der Waals surface area contributed by atoms with Crippen LogP contribution in [0.15, 0.2) is 54.6 Å². The Labute approximate surface area is 173 Å². The Morgan fingerprint density at radius 1 is 0.967 bits per heavy atom. The van der Waals surface area contributed by atoms with Crippen molar-refractivity contribution in [3.8, 4) is 11.3 Å². The minimum absolute atomic E-state index is 0.302. The highest BCUT2D eigenvalue weighted by molar-refractivity contribution is 6.22. The summed E-state index contributed by atoms with van der Waals surface area (Å²) in [5.41, 5.74) is 3.59. The molecule has 0 saturated heterocycles. The Morgan fingerprint density at radius 2 is 1.70 bits per heavy atom. The number of aryl methyl sites for hydroxylation is 1. The quantitative estimate of drug-likeness (QED) is 0.678. The number of hydrogen-bond acceptors (Lipinski definition) is 5. The summed E-state index contributed by atoms with van der Waals surface area (Å²) in [5, 5.41) is 11.0. The molecule has 7 nitrogen and oxygen atoms in total. The molecule has 0 radical (unpaired) electrons. The topological polar surface area (TPSA) is 92.3 Å². The third-order valence-electron chi connectivity index (χ3n) is 5.33. The molecule has 1 aliphatic rings. The molecule has 3 amide bonds. The van der Waals surface area contributed by atoms with Gasteiger partial charge in [-0.15, -0.1) is 10.2 Å². The maximum atomic E-state index is 12.9. The van der Waals surface area contributed by atoms with Crippen LogP contribution < -0.4 is 5.32 Å². The van der Waals surface area contributed by atoms with Gasteiger partial charge in [0.05, 0.1) is 22.7 Å². The third-order valence-corrected chi connectivity index (χ3v) is 5.33. The smallest absolute Gasteiger partial charge is 0.261 e. The molecule has 30 heavy (non-hydrogen) atoms. The minimum atomic E-state index is -0.654. The second-order valence-corrected chi connectivity index (χ2v) is 7.27. The molecule has 2 aromatic carbocycles. The second-order valence-electron chi connectivity index (χ2n) is 7.27. The number of benzene rings is 2. The van der Waals surface area contributed by atoms with Crippen LogP contribution in [0.5, 0.6) is 0 Å². The molecule has 1 unspecified atom stereocenters. The van der Waals surface area contributed by atoms with Crippen LogP contribution in [0.2, 0.25) is 0 Å². The molecule has 7 heteroatoms. The van der Waals surface area contributed by atoms with E-state index in [9.17, 15) is 14.4 Å². The summed E-state index contributed by atoms with van der Waals surface area (Å²) in [6.07, 6.45) is 0. The van der Waals surface area contributed by atoms with Crippen LogP contribution >= 0.6 is 0 Å². The van der Waals surface area contributed by atoms with Crippen LogP contribution in [0.1, 0.15) is 44.7 Å². The number of imide groups is 1. The summed E-state index contributed by atoms with van der Waals surface area (Å²) in [5.74, 6) is -1.41. The van der Waals surface area contributed by atoms with E-state index in [2.05, 4.69) is 15.5 Å². The van der Waals surface area contributed by atoms with Gasteiger partial charge in [0.25, 0.3) is 11.8 Å².